The molecule has 0 atom stereocenters. The van der Waals surface area contributed by atoms with Gasteiger partial charge in [-0.25, -0.2) is 4.79 Å². The molecule has 3 rings (SSSR count). The smallest absolute Gasteiger partial charge is 0.352 e. The summed E-state index contributed by atoms with van der Waals surface area (Å²) in [6.45, 7) is 6.41. The van der Waals surface area contributed by atoms with E-state index >= 15 is 0 Å². The number of anilines is 1. The van der Waals surface area contributed by atoms with Crippen LogP contribution in [0.3, 0.4) is 0 Å². The van der Waals surface area contributed by atoms with Crippen LogP contribution in [0.4, 0.5) is 5.69 Å². The van der Waals surface area contributed by atoms with Crippen LogP contribution >= 0.6 is 0 Å². The van der Waals surface area contributed by atoms with Crippen molar-refractivity contribution in [1.29, 1.82) is 0 Å². The van der Waals surface area contributed by atoms with Gasteiger partial charge in [0.15, 0.2) is 0 Å². The second kappa shape index (κ2) is 7.04. The van der Waals surface area contributed by atoms with Gasteiger partial charge in [-0.1, -0.05) is 30.3 Å². The average Bonchev–Trinajstić information content (AvgIpc) is 2.97. The zero-order valence-corrected chi connectivity index (χ0v) is 15.2. The van der Waals surface area contributed by atoms with Gasteiger partial charge in [0.05, 0.1) is 6.42 Å². The third-order valence-corrected chi connectivity index (χ3v) is 4.63. The van der Waals surface area contributed by atoms with E-state index in [1.807, 2.05) is 63.2 Å². The summed E-state index contributed by atoms with van der Waals surface area (Å²) in [4.78, 5) is 29.3. The largest absolute Gasteiger partial charge is 0.477 e. The van der Waals surface area contributed by atoms with Gasteiger partial charge in [0.1, 0.15) is 5.69 Å². The fraction of sp³-hybridized carbons (Fsp3) is 0.238. The highest BCUT2D eigenvalue weighted by Gasteiger charge is 2.23. The van der Waals surface area contributed by atoms with Crippen molar-refractivity contribution in [3.8, 4) is 0 Å². The molecule has 26 heavy (non-hydrogen) atoms. The lowest BCUT2D eigenvalue weighted by Crippen LogP contribution is -2.33. The van der Waals surface area contributed by atoms with Crippen LogP contribution in [0.5, 0.6) is 0 Å². The molecule has 0 radical (unpaired) electrons. The highest BCUT2D eigenvalue weighted by Crippen LogP contribution is 2.26. The molecule has 3 aromatic rings. The molecule has 0 fully saturated rings. The molecule has 0 spiro atoms. The summed E-state index contributed by atoms with van der Waals surface area (Å²) in [5.41, 5.74) is 4.30. The third kappa shape index (κ3) is 3.20. The van der Waals surface area contributed by atoms with E-state index in [2.05, 4.69) is 4.98 Å². The number of nitrogens with one attached hydrogen (secondary N) is 1. The second-order valence-electron chi connectivity index (χ2n) is 6.43. The molecule has 0 aliphatic heterocycles. The lowest BCUT2D eigenvalue weighted by Gasteiger charge is -2.23. The number of carbonyl (C=O) groups excluding carboxylic acids is 1. The Morgan fingerprint density at radius 2 is 1.85 bits per heavy atom. The number of likely N-dealkylation sites (N-methyl/N-ethyl adjacent to an activating group) is 1. The number of carbonyl (C=O) groups is 2. The standard InChI is InChI=1S/C21H22N2O3/c1-4-23(18-11-13(2)9-10-14(18)3)19(24)12-16-15-7-5-6-8-17(15)22-20(16)21(25)26/h5-11,22H,4,12H2,1-3H3,(H,25,26). The molecule has 5 heteroatoms. The molecule has 1 amide bonds. The number of aromatic amines is 1. The minimum atomic E-state index is -1.06. The predicted octanol–water partition coefficient (Wildman–Crippen LogP) is 4.08. The van der Waals surface area contributed by atoms with Crippen molar-refractivity contribution in [3.63, 3.8) is 0 Å². The Morgan fingerprint density at radius 3 is 2.54 bits per heavy atom. The molecule has 5 nitrogen and oxygen atoms in total. The number of aryl methyl sites for hydroxylation is 2. The van der Waals surface area contributed by atoms with Crippen molar-refractivity contribution < 1.29 is 14.7 Å². The van der Waals surface area contributed by atoms with Crippen molar-refractivity contribution in [3.05, 3.63) is 64.8 Å². The maximum Gasteiger partial charge on any atom is 0.352 e. The fourth-order valence-corrected chi connectivity index (χ4v) is 3.30. The molecule has 2 N–H and O–H groups in total. The third-order valence-electron chi connectivity index (χ3n) is 4.63. The zero-order chi connectivity index (χ0) is 18.8. The minimum Gasteiger partial charge on any atom is -0.477 e. The molecule has 0 unspecified atom stereocenters. The number of aromatic nitrogens is 1. The summed E-state index contributed by atoms with van der Waals surface area (Å²) in [6, 6.07) is 13.3. The SMILES string of the molecule is CCN(C(=O)Cc1c(C(=O)O)[nH]c2ccccc12)c1cc(C)ccc1C. The molecular weight excluding hydrogens is 328 g/mol. The van der Waals surface area contributed by atoms with Crippen LogP contribution in [0.25, 0.3) is 10.9 Å². The van der Waals surface area contributed by atoms with Crippen molar-refractivity contribution in [2.75, 3.05) is 11.4 Å². The van der Waals surface area contributed by atoms with E-state index in [-0.39, 0.29) is 18.0 Å². The van der Waals surface area contributed by atoms with Gasteiger partial charge in [0, 0.05) is 28.7 Å². The monoisotopic (exact) mass is 350 g/mol. The van der Waals surface area contributed by atoms with Crippen molar-refractivity contribution >= 4 is 28.5 Å². The average molecular weight is 350 g/mol. The summed E-state index contributed by atoms with van der Waals surface area (Å²) in [5, 5.41) is 10.3. The number of carboxylic acids is 1. The Kier molecular flexibility index (Phi) is 4.80. The van der Waals surface area contributed by atoms with Crippen molar-refractivity contribution in [1.82, 2.24) is 4.98 Å². The van der Waals surface area contributed by atoms with Crippen LogP contribution in [-0.2, 0) is 11.2 Å². The Bertz CT molecular complexity index is 988. The topological polar surface area (TPSA) is 73.4 Å². The van der Waals surface area contributed by atoms with Crippen LogP contribution in [0, 0.1) is 13.8 Å². The normalized spacial score (nSPS) is 10.9. The molecule has 0 saturated carbocycles. The van der Waals surface area contributed by atoms with Gasteiger partial charge in [0.2, 0.25) is 5.91 Å². The van der Waals surface area contributed by atoms with Gasteiger partial charge < -0.3 is 15.0 Å². The van der Waals surface area contributed by atoms with Crippen LogP contribution in [0.1, 0.15) is 34.1 Å². The number of fused-ring (bicyclic) bond motifs is 1. The lowest BCUT2D eigenvalue weighted by molar-refractivity contribution is -0.117. The minimum absolute atomic E-state index is 0.0346. The van der Waals surface area contributed by atoms with E-state index in [4.69, 9.17) is 0 Å². The maximum absolute atomic E-state index is 13.0. The number of benzene rings is 2. The Balaban J connectivity index is 2.01. The van der Waals surface area contributed by atoms with Gasteiger partial charge >= 0.3 is 5.97 Å². The Labute approximate surface area is 152 Å². The molecule has 134 valence electrons. The number of para-hydroxylation sites is 1. The first-order chi connectivity index (χ1) is 12.4. The Hall–Kier alpha value is -3.08. The molecule has 2 aromatic carbocycles. The summed E-state index contributed by atoms with van der Waals surface area (Å²) < 4.78 is 0. The Morgan fingerprint density at radius 1 is 1.12 bits per heavy atom. The first-order valence-electron chi connectivity index (χ1n) is 8.62. The first kappa shape index (κ1) is 17.7. The number of H-pyrrole nitrogens is 1. The number of carboxylic acid groups (broad SMARTS) is 1. The number of aromatic carboxylic acids is 1. The van der Waals surface area contributed by atoms with Gasteiger partial charge in [-0.2, -0.15) is 0 Å². The number of hydrogen-bond donors (Lipinski definition) is 2. The molecule has 1 heterocycles. The van der Waals surface area contributed by atoms with Gasteiger partial charge in [-0.05, 0) is 44.0 Å². The number of rotatable bonds is 5. The van der Waals surface area contributed by atoms with Crippen LogP contribution in [0.2, 0.25) is 0 Å². The van der Waals surface area contributed by atoms with E-state index < -0.39 is 5.97 Å². The summed E-state index contributed by atoms with van der Waals surface area (Å²) in [5.74, 6) is -1.17. The highest BCUT2D eigenvalue weighted by atomic mass is 16.4. The van der Waals surface area contributed by atoms with Crippen LogP contribution in [-0.4, -0.2) is 28.5 Å². The maximum atomic E-state index is 13.0. The highest BCUT2D eigenvalue weighted by molar-refractivity contribution is 6.03. The van der Waals surface area contributed by atoms with Gasteiger partial charge in [-0.15, -0.1) is 0 Å². The van der Waals surface area contributed by atoms with Crippen LogP contribution in [0.15, 0.2) is 42.5 Å². The number of nitrogens with zero attached hydrogens (tertiary/aromatic N) is 1. The molecule has 0 aliphatic rings. The summed E-state index contributed by atoms with van der Waals surface area (Å²) in [6.07, 6.45) is 0.0346. The number of amides is 1. The van der Waals surface area contributed by atoms with Gasteiger partial charge in [0.25, 0.3) is 0 Å². The molecular formula is C21H22N2O3. The van der Waals surface area contributed by atoms with Gasteiger partial charge in [-0.3, -0.25) is 4.79 Å². The van der Waals surface area contributed by atoms with E-state index in [1.54, 1.807) is 4.90 Å². The fourth-order valence-electron chi connectivity index (χ4n) is 3.30. The lowest BCUT2D eigenvalue weighted by atomic mass is 10.0. The van der Waals surface area contributed by atoms with E-state index in [1.165, 1.54) is 0 Å². The zero-order valence-electron chi connectivity index (χ0n) is 15.2. The number of hydrogen-bond acceptors (Lipinski definition) is 2. The van der Waals surface area contributed by atoms with E-state index in [0.717, 1.165) is 27.7 Å². The summed E-state index contributed by atoms with van der Waals surface area (Å²) in [7, 11) is 0. The summed E-state index contributed by atoms with van der Waals surface area (Å²) >= 11 is 0. The predicted molar refractivity (Wildman–Crippen MR) is 103 cm³/mol. The van der Waals surface area contributed by atoms with Crippen LogP contribution < -0.4 is 4.90 Å². The van der Waals surface area contributed by atoms with E-state index in [0.29, 0.717) is 12.1 Å². The van der Waals surface area contributed by atoms with E-state index in [9.17, 15) is 14.7 Å². The van der Waals surface area contributed by atoms with Crippen molar-refractivity contribution in [2.45, 2.75) is 27.2 Å². The molecule has 0 saturated heterocycles. The molecule has 0 bridgehead atoms. The second-order valence-corrected chi connectivity index (χ2v) is 6.43. The molecule has 1 aromatic heterocycles. The molecule has 0 aliphatic carbocycles. The van der Waals surface area contributed by atoms with Crippen molar-refractivity contribution in [2.24, 2.45) is 0 Å². The first-order valence-corrected chi connectivity index (χ1v) is 8.62. The quantitative estimate of drug-likeness (QED) is 0.728.